The Morgan fingerprint density at radius 1 is 1.24 bits per heavy atom. The van der Waals surface area contributed by atoms with E-state index in [1.165, 1.54) is 15.8 Å². The Bertz CT molecular complexity index is 1250. The van der Waals surface area contributed by atoms with E-state index in [0.717, 1.165) is 29.7 Å². The van der Waals surface area contributed by atoms with Crippen LogP contribution in [0.2, 0.25) is 0 Å². The molecule has 0 saturated carbocycles. The maximum absolute atomic E-state index is 13.2. The van der Waals surface area contributed by atoms with Gasteiger partial charge in [-0.15, -0.1) is 11.3 Å². The van der Waals surface area contributed by atoms with Gasteiger partial charge in [0.05, 0.1) is 23.9 Å². The lowest BCUT2D eigenvalue weighted by Crippen LogP contribution is -2.29. The van der Waals surface area contributed by atoms with Crippen LogP contribution in [0.5, 0.6) is 0 Å². The molecule has 3 aromatic rings. The Balaban J connectivity index is 1.50. The average molecular weight is 468 g/mol. The molecule has 1 atom stereocenters. The monoisotopic (exact) mass is 467 g/mol. The summed E-state index contributed by atoms with van der Waals surface area (Å²) in [6.45, 7) is 8.72. The molecule has 0 saturated heterocycles. The van der Waals surface area contributed by atoms with Gasteiger partial charge in [0, 0.05) is 10.6 Å². The molecule has 1 unspecified atom stereocenters. The Morgan fingerprint density at radius 2 is 1.97 bits per heavy atom. The molecule has 174 valence electrons. The summed E-state index contributed by atoms with van der Waals surface area (Å²) in [5, 5.41) is 3.43. The summed E-state index contributed by atoms with van der Waals surface area (Å²) >= 11 is 1.61. The molecule has 0 spiro atoms. The largest absolute Gasteiger partial charge is 0.462 e. The van der Waals surface area contributed by atoms with E-state index in [-0.39, 0.29) is 23.4 Å². The zero-order valence-corrected chi connectivity index (χ0v) is 20.3. The third-order valence-corrected chi connectivity index (χ3v) is 7.42. The minimum atomic E-state index is -0.408. The van der Waals surface area contributed by atoms with Crippen molar-refractivity contribution in [1.29, 1.82) is 0 Å². The number of aromatic nitrogens is 2. The molecule has 4 rings (SSSR count). The second-order valence-electron chi connectivity index (χ2n) is 9.51. The summed E-state index contributed by atoms with van der Waals surface area (Å²) in [6.07, 6.45) is 4.36. The van der Waals surface area contributed by atoms with Crippen LogP contribution >= 0.6 is 11.3 Å². The van der Waals surface area contributed by atoms with Gasteiger partial charge in [-0.1, -0.05) is 20.8 Å². The van der Waals surface area contributed by atoms with Gasteiger partial charge in [0.1, 0.15) is 11.4 Å². The van der Waals surface area contributed by atoms with E-state index < -0.39 is 5.97 Å². The topological polar surface area (TPSA) is 90.3 Å². The van der Waals surface area contributed by atoms with Crippen molar-refractivity contribution in [3.63, 3.8) is 0 Å². The Labute approximate surface area is 196 Å². The summed E-state index contributed by atoms with van der Waals surface area (Å²) in [5.41, 5.74) is 2.12. The van der Waals surface area contributed by atoms with Gasteiger partial charge in [0.25, 0.3) is 5.56 Å². The van der Waals surface area contributed by atoms with Crippen molar-refractivity contribution in [2.45, 2.75) is 53.5 Å². The molecule has 1 aliphatic rings. The number of thiophene rings is 1. The zero-order valence-electron chi connectivity index (χ0n) is 19.4. The number of rotatable bonds is 5. The molecule has 0 fully saturated rings. The summed E-state index contributed by atoms with van der Waals surface area (Å²) in [5.74, 6) is -0.158. The number of nitrogens with one attached hydrogen (secondary N) is 1. The molecule has 2 heterocycles. The number of aryl methyl sites for hydroxylation is 1. The lowest BCUT2D eigenvalue weighted by molar-refractivity contribution is -0.116. The lowest BCUT2D eigenvalue weighted by Gasteiger charge is -2.33. The molecule has 8 heteroatoms. The van der Waals surface area contributed by atoms with E-state index >= 15 is 0 Å². The summed E-state index contributed by atoms with van der Waals surface area (Å²) in [7, 11) is 0. The standard InChI is InChI=1S/C25H29N3O4S/c1-5-32-24(31)15-6-9-17(10-7-15)27-20(29)13-28-14-26-22-21(23(28)30)18-11-8-16(25(2,3)4)12-19(18)33-22/h6-7,9-10,14,16H,5,8,11-13H2,1-4H3,(H,27,29). The first kappa shape index (κ1) is 23.2. The zero-order chi connectivity index (χ0) is 23.8. The van der Waals surface area contributed by atoms with Crippen LogP contribution in [-0.4, -0.2) is 28.0 Å². The average Bonchev–Trinajstić information content (AvgIpc) is 3.14. The molecular formula is C25H29N3O4S. The number of hydrogen-bond donors (Lipinski definition) is 1. The molecule has 1 amide bonds. The van der Waals surface area contributed by atoms with Gasteiger partial charge < -0.3 is 10.1 Å². The molecule has 7 nitrogen and oxygen atoms in total. The van der Waals surface area contributed by atoms with E-state index in [0.29, 0.717) is 29.2 Å². The third kappa shape index (κ3) is 4.85. The number of benzene rings is 1. The molecule has 0 radical (unpaired) electrons. The van der Waals surface area contributed by atoms with Crippen molar-refractivity contribution < 1.29 is 14.3 Å². The molecule has 1 aliphatic carbocycles. The van der Waals surface area contributed by atoms with E-state index in [1.54, 1.807) is 42.5 Å². The highest BCUT2D eigenvalue weighted by atomic mass is 32.1. The first-order valence-corrected chi connectivity index (χ1v) is 12.1. The molecular weight excluding hydrogens is 438 g/mol. The predicted molar refractivity (Wildman–Crippen MR) is 130 cm³/mol. The number of amides is 1. The normalized spacial score (nSPS) is 15.8. The number of hydrogen-bond acceptors (Lipinski definition) is 6. The van der Waals surface area contributed by atoms with Crippen LogP contribution in [0.25, 0.3) is 10.2 Å². The Hall–Kier alpha value is -3.00. The van der Waals surface area contributed by atoms with E-state index in [4.69, 9.17) is 4.74 Å². The van der Waals surface area contributed by atoms with Crippen LogP contribution in [0, 0.1) is 11.3 Å². The molecule has 0 aliphatic heterocycles. The van der Waals surface area contributed by atoms with Gasteiger partial charge in [-0.2, -0.15) is 0 Å². The summed E-state index contributed by atoms with van der Waals surface area (Å²) in [6, 6.07) is 6.45. The van der Waals surface area contributed by atoms with Gasteiger partial charge >= 0.3 is 5.97 Å². The molecule has 1 aromatic carbocycles. The highest BCUT2D eigenvalue weighted by Crippen LogP contribution is 2.41. The molecule has 2 aromatic heterocycles. The fraction of sp³-hybridized carbons (Fsp3) is 0.440. The predicted octanol–water partition coefficient (Wildman–Crippen LogP) is 4.42. The number of anilines is 1. The van der Waals surface area contributed by atoms with Crippen LogP contribution in [0.1, 0.15) is 54.9 Å². The van der Waals surface area contributed by atoms with Gasteiger partial charge in [-0.3, -0.25) is 14.2 Å². The number of esters is 1. The number of carbonyl (C=O) groups is 2. The maximum Gasteiger partial charge on any atom is 0.338 e. The fourth-order valence-electron chi connectivity index (χ4n) is 4.31. The lowest BCUT2D eigenvalue weighted by atomic mass is 9.72. The smallest absolute Gasteiger partial charge is 0.338 e. The van der Waals surface area contributed by atoms with Gasteiger partial charge in [-0.05, 0) is 67.3 Å². The van der Waals surface area contributed by atoms with Gasteiger partial charge in [0.15, 0.2) is 0 Å². The van der Waals surface area contributed by atoms with Crippen molar-refractivity contribution in [2.24, 2.45) is 11.3 Å². The van der Waals surface area contributed by atoms with Crippen molar-refractivity contribution in [3.8, 4) is 0 Å². The van der Waals surface area contributed by atoms with Gasteiger partial charge in [0.2, 0.25) is 5.91 Å². The second-order valence-corrected chi connectivity index (χ2v) is 10.6. The minimum Gasteiger partial charge on any atom is -0.462 e. The fourth-order valence-corrected chi connectivity index (χ4v) is 5.57. The number of fused-ring (bicyclic) bond motifs is 3. The number of carbonyl (C=O) groups excluding carboxylic acids is 2. The minimum absolute atomic E-state index is 0.128. The molecule has 33 heavy (non-hydrogen) atoms. The Kier molecular flexibility index (Phi) is 6.38. The molecule has 0 bridgehead atoms. The quantitative estimate of drug-likeness (QED) is 0.561. The van der Waals surface area contributed by atoms with Crippen LogP contribution in [0.15, 0.2) is 35.4 Å². The van der Waals surface area contributed by atoms with Crippen LogP contribution < -0.4 is 10.9 Å². The van der Waals surface area contributed by atoms with Crippen molar-refractivity contribution in [2.75, 3.05) is 11.9 Å². The molecule has 1 N–H and O–H groups in total. The van der Waals surface area contributed by atoms with Crippen LogP contribution in [-0.2, 0) is 28.9 Å². The second kappa shape index (κ2) is 9.09. The maximum atomic E-state index is 13.2. The first-order valence-electron chi connectivity index (χ1n) is 11.2. The number of ether oxygens (including phenoxy) is 1. The summed E-state index contributed by atoms with van der Waals surface area (Å²) < 4.78 is 6.33. The van der Waals surface area contributed by atoms with Gasteiger partial charge in [-0.25, -0.2) is 9.78 Å². The van der Waals surface area contributed by atoms with E-state index in [1.807, 2.05) is 0 Å². The Morgan fingerprint density at radius 3 is 2.64 bits per heavy atom. The van der Waals surface area contributed by atoms with E-state index in [9.17, 15) is 14.4 Å². The highest BCUT2D eigenvalue weighted by molar-refractivity contribution is 7.18. The van der Waals surface area contributed by atoms with Crippen LogP contribution in [0.3, 0.4) is 0 Å². The van der Waals surface area contributed by atoms with Crippen molar-refractivity contribution >= 4 is 39.1 Å². The van der Waals surface area contributed by atoms with Crippen molar-refractivity contribution in [3.05, 3.63) is 57.0 Å². The first-order chi connectivity index (χ1) is 15.7. The van der Waals surface area contributed by atoms with Crippen LogP contribution in [0.4, 0.5) is 5.69 Å². The van der Waals surface area contributed by atoms with Crippen molar-refractivity contribution in [1.82, 2.24) is 9.55 Å². The third-order valence-electron chi connectivity index (χ3n) is 6.25. The number of nitrogens with zero attached hydrogens (tertiary/aromatic N) is 2. The SMILES string of the molecule is CCOC(=O)c1ccc(NC(=O)Cn2cnc3sc4c(c3c2=O)CCC(C(C)(C)C)C4)cc1. The highest BCUT2D eigenvalue weighted by Gasteiger charge is 2.31. The van der Waals surface area contributed by atoms with E-state index in [2.05, 4.69) is 31.1 Å². The summed E-state index contributed by atoms with van der Waals surface area (Å²) in [4.78, 5) is 44.1.